The first-order chi connectivity index (χ1) is 6.86. The molecule has 0 saturated carbocycles. The highest BCUT2D eigenvalue weighted by atomic mass is 15.3. The SMILES string of the molecule is Nc1cccnc1NCc1cn[nH]n1. The number of nitrogen functional groups attached to an aromatic ring is 1. The van der Waals surface area contributed by atoms with E-state index in [-0.39, 0.29) is 0 Å². The second-order valence-corrected chi connectivity index (χ2v) is 2.76. The molecule has 0 radical (unpaired) electrons. The highest BCUT2D eigenvalue weighted by Crippen LogP contribution is 2.13. The zero-order chi connectivity index (χ0) is 9.80. The second-order valence-electron chi connectivity index (χ2n) is 2.76. The summed E-state index contributed by atoms with van der Waals surface area (Å²) >= 11 is 0. The molecule has 2 aromatic rings. The van der Waals surface area contributed by atoms with Crippen molar-refractivity contribution < 1.29 is 0 Å². The standard InChI is InChI=1S/C8H10N6/c9-7-2-1-3-10-8(7)11-4-6-5-12-14-13-6/h1-3,5H,4,9H2,(H,10,11)(H,12,13,14). The summed E-state index contributed by atoms with van der Waals surface area (Å²) < 4.78 is 0. The molecule has 0 aliphatic rings. The predicted molar refractivity (Wildman–Crippen MR) is 52.4 cm³/mol. The summed E-state index contributed by atoms with van der Waals surface area (Å²) in [6.07, 6.45) is 3.33. The maximum absolute atomic E-state index is 5.69. The van der Waals surface area contributed by atoms with Crippen LogP contribution in [0.25, 0.3) is 0 Å². The minimum Gasteiger partial charge on any atom is -0.396 e. The van der Waals surface area contributed by atoms with Crippen molar-refractivity contribution in [1.29, 1.82) is 0 Å². The summed E-state index contributed by atoms with van der Waals surface area (Å²) in [5, 5.41) is 13.2. The van der Waals surface area contributed by atoms with Crippen LogP contribution in [0.5, 0.6) is 0 Å². The number of anilines is 2. The molecule has 0 bridgehead atoms. The molecule has 0 unspecified atom stereocenters. The fourth-order valence-corrected chi connectivity index (χ4v) is 1.05. The Morgan fingerprint density at radius 3 is 3.14 bits per heavy atom. The Labute approximate surface area is 80.5 Å². The van der Waals surface area contributed by atoms with E-state index in [1.807, 2.05) is 0 Å². The largest absolute Gasteiger partial charge is 0.396 e. The minimum absolute atomic E-state index is 0.553. The molecule has 4 N–H and O–H groups in total. The number of hydrogen-bond acceptors (Lipinski definition) is 5. The van der Waals surface area contributed by atoms with Crippen LogP contribution >= 0.6 is 0 Å². The average Bonchev–Trinajstić information content (AvgIpc) is 2.69. The number of aromatic amines is 1. The Balaban J connectivity index is 2.02. The number of nitrogens with zero attached hydrogens (tertiary/aromatic N) is 3. The molecule has 0 saturated heterocycles. The zero-order valence-corrected chi connectivity index (χ0v) is 7.44. The van der Waals surface area contributed by atoms with E-state index in [0.29, 0.717) is 18.1 Å². The van der Waals surface area contributed by atoms with E-state index in [1.165, 1.54) is 0 Å². The Morgan fingerprint density at radius 2 is 2.43 bits per heavy atom. The topological polar surface area (TPSA) is 92.5 Å². The number of nitrogens with one attached hydrogen (secondary N) is 2. The molecule has 0 aromatic carbocycles. The minimum atomic E-state index is 0.553. The molecule has 2 aromatic heterocycles. The van der Waals surface area contributed by atoms with E-state index < -0.39 is 0 Å². The normalized spacial score (nSPS) is 10.0. The summed E-state index contributed by atoms with van der Waals surface area (Å²) in [5.74, 6) is 0.663. The molecular formula is C8H10N6. The molecule has 0 aliphatic heterocycles. The van der Waals surface area contributed by atoms with Gasteiger partial charge >= 0.3 is 0 Å². The molecule has 72 valence electrons. The summed E-state index contributed by atoms with van der Waals surface area (Å²) in [4.78, 5) is 4.08. The Morgan fingerprint density at radius 1 is 1.50 bits per heavy atom. The van der Waals surface area contributed by atoms with Crippen LogP contribution in [0.15, 0.2) is 24.5 Å². The smallest absolute Gasteiger partial charge is 0.149 e. The van der Waals surface area contributed by atoms with E-state index in [9.17, 15) is 0 Å². The fourth-order valence-electron chi connectivity index (χ4n) is 1.05. The van der Waals surface area contributed by atoms with Gasteiger partial charge in [0.05, 0.1) is 18.4 Å². The molecule has 0 fully saturated rings. The van der Waals surface area contributed by atoms with Gasteiger partial charge in [-0.25, -0.2) is 4.98 Å². The number of aromatic nitrogens is 4. The third kappa shape index (κ3) is 1.79. The number of nitrogens with two attached hydrogens (primary N) is 1. The van der Waals surface area contributed by atoms with Crippen molar-refractivity contribution in [3.63, 3.8) is 0 Å². The van der Waals surface area contributed by atoms with Gasteiger partial charge in [0.1, 0.15) is 11.5 Å². The maximum Gasteiger partial charge on any atom is 0.149 e. The predicted octanol–water partition coefficient (Wildman–Crippen LogP) is 0.394. The first-order valence-electron chi connectivity index (χ1n) is 4.15. The zero-order valence-electron chi connectivity index (χ0n) is 7.44. The van der Waals surface area contributed by atoms with Crippen LogP contribution in [0.4, 0.5) is 11.5 Å². The van der Waals surface area contributed by atoms with E-state index in [1.54, 1.807) is 24.5 Å². The summed E-state index contributed by atoms with van der Waals surface area (Å²) in [5.41, 5.74) is 7.13. The van der Waals surface area contributed by atoms with Crippen LogP contribution in [0.1, 0.15) is 5.69 Å². The number of H-pyrrole nitrogens is 1. The molecule has 6 heteroatoms. The number of rotatable bonds is 3. The quantitative estimate of drug-likeness (QED) is 0.651. The van der Waals surface area contributed by atoms with Crippen molar-refractivity contribution in [2.45, 2.75) is 6.54 Å². The van der Waals surface area contributed by atoms with Crippen LogP contribution in [-0.2, 0) is 6.54 Å². The van der Waals surface area contributed by atoms with Gasteiger partial charge in [-0.1, -0.05) is 0 Å². The van der Waals surface area contributed by atoms with Gasteiger partial charge in [0.15, 0.2) is 0 Å². The lowest BCUT2D eigenvalue weighted by molar-refractivity contribution is 0.909. The van der Waals surface area contributed by atoms with Gasteiger partial charge in [-0.3, -0.25) is 0 Å². The fraction of sp³-hybridized carbons (Fsp3) is 0.125. The lowest BCUT2D eigenvalue weighted by Gasteiger charge is -2.04. The number of pyridine rings is 1. The first-order valence-corrected chi connectivity index (χ1v) is 4.15. The third-order valence-electron chi connectivity index (χ3n) is 1.74. The van der Waals surface area contributed by atoms with Gasteiger partial charge in [-0.15, -0.1) is 0 Å². The van der Waals surface area contributed by atoms with Gasteiger partial charge in [0.2, 0.25) is 0 Å². The van der Waals surface area contributed by atoms with Gasteiger partial charge < -0.3 is 11.1 Å². The van der Waals surface area contributed by atoms with E-state index in [0.717, 1.165) is 5.69 Å². The Kier molecular flexibility index (Phi) is 2.26. The van der Waals surface area contributed by atoms with Crippen LogP contribution in [0, 0.1) is 0 Å². The molecular weight excluding hydrogens is 180 g/mol. The maximum atomic E-state index is 5.69. The molecule has 6 nitrogen and oxygen atoms in total. The highest BCUT2D eigenvalue weighted by molar-refractivity contribution is 5.60. The summed E-state index contributed by atoms with van der Waals surface area (Å²) in [7, 11) is 0. The van der Waals surface area contributed by atoms with Crippen LogP contribution in [0.2, 0.25) is 0 Å². The Hall–Kier alpha value is -2.11. The molecule has 0 amide bonds. The molecule has 0 aliphatic carbocycles. The van der Waals surface area contributed by atoms with Crippen molar-refractivity contribution in [2.75, 3.05) is 11.1 Å². The van der Waals surface area contributed by atoms with Crippen molar-refractivity contribution in [3.05, 3.63) is 30.2 Å². The van der Waals surface area contributed by atoms with E-state index >= 15 is 0 Å². The van der Waals surface area contributed by atoms with Crippen molar-refractivity contribution in [3.8, 4) is 0 Å². The second kappa shape index (κ2) is 3.73. The third-order valence-corrected chi connectivity index (χ3v) is 1.74. The van der Waals surface area contributed by atoms with E-state index in [4.69, 9.17) is 5.73 Å². The number of hydrogen-bond donors (Lipinski definition) is 3. The monoisotopic (exact) mass is 190 g/mol. The van der Waals surface area contributed by atoms with Gasteiger partial charge in [-0.2, -0.15) is 15.4 Å². The summed E-state index contributed by atoms with van der Waals surface area (Å²) in [6.45, 7) is 0.553. The van der Waals surface area contributed by atoms with Crippen LogP contribution in [0.3, 0.4) is 0 Å². The van der Waals surface area contributed by atoms with Crippen molar-refractivity contribution >= 4 is 11.5 Å². The Bertz CT molecular complexity index is 396. The molecule has 2 heterocycles. The molecule has 2 rings (SSSR count). The van der Waals surface area contributed by atoms with Crippen LogP contribution < -0.4 is 11.1 Å². The molecule has 0 atom stereocenters. The van der Waals surface area contributed by atoms with Crippen LogP contribution in [-0.4, -0.2) is 20.4 Å². The average molecular weight is 190 g/mol. The highest BCUT2D eigenvalue weighted by Gasteiger charge is 1.99. The first kappa shape index (κ1) is 8.49. The molecule has 14 heavy (non-hydrogen) atoms. The lowest BCUT2D eigenvalue weighted by Crippen LogP contribution is -2.04. The van der Waals surface area contributed by atoms with Crippen molar-refractivity contribution in [2.24, 2.45) is 0 Å². The van der Waals surface area contributed by atoms with Crippen molar-refractivity contribution in [1.82, 2.24) is 20.4 Å². The van der Waals surface area contributed by atoms with Gasteiger partial charge in [0.25, 0.3) is 0 Å². The summed E-state index contributed by atoms with van der Waals surface area (Å²) in [6, 6.07) is 3.58. The van der Waals surface area contributed by atoms with Gasteiger partial charge in [-0.05, 0) is 12.1 Å². The van der Waals surface area contributed by atoms with E-state index in [2.05, 4.69) is 25.7 Å². The van der Waals surface area contributed by atoms with Gasteiger partial charge in [0, 0.05) is 6.20 Å². The lowest BCUT2D eigenvalue weighted by atomic mass is 10.4. The molecule has 0 spiro atoms.